The molecule has 5 heterocycles. The molecule has 3 N–H and O–H groups in total. The number of allylic oxidation sites excluding steroid dienone is 1. The maximum atomic E-state index is 13.8. The molecule has 9 aliphatic rings. The molecule has 91 heavy (non-hydrogen) atoms. The van der Waals surface area contributed by atoms with Gasteiger partial charge in [0.1, 0.15) is 11.5 Å². The van der Waals surface area contributed by atoms with E-state index in [4.69, 9.17) is 46.9 Å². The van der Waals surface area contributed by atoms with E-state index < -0.39 is 36.5 Å². The summed E-state index contributed by atoms with van der Waals surface area (Å²) in [6.45, 7) is 13.6. The van der Waals surface area contributed by atoms with Gasteiger partial charge in [0.15, 0.2) is 0 Å². The standard InChI is InChI=1S/C37H49ClN2O5S.C35H45ClN2O6S/c1-25-8-5-17-37(44-3,18-7-19-41)32-13-10-29(32)22-40-23-36(16-6-9-27-20-30(38)12-14-31(27)36)24-45-34-15-11-28(21-33(34)40)35(42)39-46(4,43)26(25)2;1-23-5-3-14-35(22-42-15-16-44-35)30-10-7-27(30)19-38-20-34(13-4-6-25-17-28(36)9-11-29(25)34)21-43-32-12-8-26(18-31(32)38)33(39)37-45(40,41)24(23)2/h5,11-12,14-15,17,20-21,25-26,29,32,41H,4,6-10,13,16,18-19,22-24H2,1-3H3,(H,39,42,43);8-9,11-12,17-18,23-24,27,30H,3-7,10,13-16,19-22H2,1-2H3,(H,37,39)/b17-5+;/t25-,26+,29-,32+,36-,37-,46?;23-,24+,27-,30+,34-,35+/m00/s1. The van der Waals surface area contributed by atoms with Crippen molar-refractivity contribution in [2.24, 2.45) is 35.5 Å². The van der Waals surface area contributed by atoms with Gasteiger partial charge in [-0.25, -0.2) is 17.3 Å². The number of amides is 2. The largest absolute Gasteiger partial charge is 0.490 e. The highest BCUT2D eigenvalue weighted by molar-refractivity contribution is 7.99. The summed E-state index contributed by atoms with van der Waals surface area (Å²) in [4.78, 5) is 32.0. The number of carbonyl (C=O) groups is 2. The smallest absolute Gasteiger partial charge is 0.264 e. The zero-order valence-electron chi connectivity index (χ0n) is 53.8. The Morgan fingerprint density at radius 3 is 1.77 bits per heavy atom. The van der Waals surface area contributed by atoms with Crippen LogP contribution in [0.4, 0.5) is 11.4 Å². The normalized spacial score (nSPS) is 35.0. The molecule has 13 atom stereocenters. The van der Waals surface area contributed by atoms with E-state index in [0.717, 1.165) is 149 Å². The molecule has 19 heteroatoms. The van der Waals surface area contributed by atoms with Crippen LogP contribution in [0.5, 0.6) is 11.5 Å². The summed E-state index contributed by atoms with van der Waals surface area (Å²) >= 11 is 12.9. The molecule has 3 fully saturated rings. The van der Waals surface area contributed by atoms with Crippen LogP contribution in [0.2, 0.25) is 10.0 Å². The number of benzene rings is 4. The first-order valence-corrected chi connectivity index (χ1v) is 37.6. The maximum absolute atomic E-state index is 13.8. The van der Waals surface area contributed by atoms with Crippen LogP contribution in [0.15, 0.2) is 84.9 Å². The van der Waals surface area contributed by atoms with E-state index in [1.165, 1.54) is 22.3 Å². The Balaban J connectivity index is 0.000000176. The average molecular weight is 1330 g/mol. The fourth-order valence-corrected chi connectivity index (χ4v) is 20.3. The van der Waals surface area contributed by atoms with Gasteiger partial charge in [-0.15, -0.1) is 0 Å². The van der Waals surface area contributed by atoms with Gasteiger partial charge in [-0.2, -0.15) is 0 Å². The number of hydrogen-bond acceptors (Lipinski definition) is 13. The first-order chi connectivity index (χ1) is 43.6. The molecule has 1 saturated heterocycles. The zero-order valence-corrected chi connectivity index (χ0v) is 56.9. The van der Waals surface area contributed by atoms with Gasteiger partial charge >= 0.3 is 0 Å². The topological polar surface area (TPSA) is 182 Å². The SMILES string of the molecule is C=S1(=O)NC(=O)c2ccc3c(c2)N(C[C@@H]2CC[C@H]2[C@](CCCO)(OC)/C=C/C[C@H](C)[C@H]1C)C[C@@]1(CCCc2cc(Cl)ccc21)CO3.C[C@@H]1[C@@H](C)CCC[C@@]2(COCCO2)[C@@H]2CC[C@H]2CN2C[C@@]3(CCCc4cc(Cl)ccc43)COc3ccc(cc32)C(=O)NS1(=O)=O. The minimum Gasteiger partial charge on any atom is -0.490 e. The van der Waals surface area contributed by atoms with Gasteiger partial charge < -0.3 is 38.6 Å². The minimum absolute atomic E-state index is 0.0134. The first-order valence-electron chi connectivity index (χ1n) is 33.5. The van der Waals surface area contributed by atoms with Crippen molar-refractivity contribution in [2.45, 2.75) is 163 Å². The summed E-state index contributed by atoms with van der Waals surface area (Å²) in [6, 6.07) is 23.4. The lowest BCUT2D eigenvalue weighted by Gasteiger charge is -2.53. The third-order valence-corrected chi connectivity index (χ3v) is 27.7. The van der Waals surface area contributed by atoms with Crippen molar-refractivity contribution in [3.05, 3.63) is 128 Å². The predicted octanol–water partition coefficient (Wildman–Crippen LogP) is 12.2. The van der Waals surface area contributed by atoms with Crippen LogP contribution >= 0.6 is 23.2 Å². The molecule has 2 amide bonds. The molecule has 494 valence electrons. The number of halogens is 2. The van der Waals surface area contributed by atoms with E-state index in [-0.39, 0.29) is 51.9 Å². The Bertz CT molecular complexity index is 3620. The number of rotatable bonds is 4. The van der Waals surface area contributed by atoms with Crippen molar-refractivity contribution in [2.75, 3.05) is 82.7 Å². The monoisotopic (exact) mass is 1320 g/mol. The second kappa shape index (κ2) is 26.7. The third kappa shape index (κ3) is 13.2. The van der Waals surface area contributed by atoms with Gasteiger partial charge in [0.05, 0.1) is 70.6 Å². The highest BCUT2D eigenvalue weighted by atomic mass is 35.5. The van der Waals surface area contributed by atoms with E-state index in [2.05, 4.69) is 61.5 Å². The third-order valence-electron chi connectivity index (χ3n) is 23.1. The second-order valence-corrected chi connectivity index (χ2v) is 33.8. The number of sulfonamides is 1. The number of aryl methyl sites for hydroxylation is 2. The Morgan fingerprint density at radius 2 is 1.24 bits per heavy atom. The zero-order chi connectivity index (χ0) is 64.1. The molecule has 5 aliphatic heterocycles. The Kier molecular flexibility index (Phi) is 19.5. The average Bonchev–Trinajstić information content (AvgIpc) is 1.76. The summed E-state index contributed by atoms with van der Waals surface area (Å²) in [5.74, 6) is 5.73. The highest BCUT2D eigenvalue weighted by Gasteiger charge is 2.53. The van der Waals surface area contributed by atoms with Crippen LogP contribution < -0.4 is 28.7 Å². The van der Waals surface area contributed by atoms with Crippen LogP contribution in [0.3, 0.4) is 0 Å². The number of aliphatic hydroxyl groups is 1. The predicted molar refractivity (Wildman–Crippen MR) is 362 cm³/mol. The van der Waals surface area contributed by atoms with Crippen LogP contribution in [0, 0.1) is 35.5 Å². The van der Waals surface area contributed by atoms with Crippen molar-refractivity contribution in [3.8, 4) is 11.5 Å². The Labute approximate surface area is 550 Å². The molecule has 4 aromatic carbocycles. The fourth-order valence-electron chi connectivity index (χ4n) is 17.1. The molecule has 13 rings (SSSR count). The van der Waals surface area contributed by atoms with Crippen molar-refractivity contribution < 1.29 is 51.0 Å². The van der Waals surface area contributed by atoms with Crippen LogP contribution in [-0.2, 0) is 57.6 Å². The Hall–Kier alpha value is -4.85. The fraction of sp³-hybridized carbons (Fsp3) is 0.597. The molecule has 1 unspecified atom stereocenters. The van der Waals surface area contributed by atoms with Crippen LogP contribution in [-0.4, -0.2) is 130 Å². The highest BCUT2D eigenvalue weighted by Crippen LogP contribution is 2.53. The van der Waals surface area contributed by atoms with Crippen molar-refractivity contribution in [3.63, 3.8) is 0 Å². The van der Waals surface area contributed by atoms with Gasteiger partial charge in [-0.1, -0.05) is 67.8 Å². The first kappa shape index (κ1) is 66.2. The van der Waals surface area contributed by atoms with Gasteiger partial charge in [0, 0.05) is 77.1 Å². The number of fused-ring (bicyclic) bond motifs is 9. The minimum atomic E-state index is -3.89. The number of ether oxygens (including phenoxy) is 5. The molecular formula is C72H94Cl2N4O11S2. The number of methoxy groups -OCH3 is 1. The Morgan fingerprint density at radius 1 is 0.670 bits per heavy atom. The molecule has 0 aromatic heterocycles. The second-order valence-electron chi connectivity index (χ2n) is 28.4. The van der Waals surface area contributed by atoms with Crippen LogP contribution in [0.25, 0.3) is 0 Å². The number of carbonyl (C=O) groups excluding carboxylic acids is 2. The van der Waals surface area contributed by atoms with E-state index in [0.29, 0.717) is 74.8 Å². The molecule has 2 saturated carbocycles. The molecule has 3 spiro atoms. The van der Waals surface area contributed by atoms with E-state index in [1.54, 1.807) is 26.2 Å². The van der Waals surface area contributed by atoms with Gasteiger partial charge in [0.2, 0.25) is 10.0 Å². The van der Waals surface area contributed by atoms with Gasteiger partial charge in [0.25, 0.3) is 11.8 Å². The van der Waals surface area contributed by atoms with Crippen molar-refractivity contribution in [1.82, 2.24) is 9.44 Å². The van der Waals surface area contributed by atoms with E-state index >= 15 is 0 Å². The molecule has 4 aliphatic carbocycles. The number of nitrogens with zero attached hydrogens (tertiary/aromatic N) is 2. The summed E-state index contributed by atoms with van der Waals surface area (Å²) in [6.07, 6.45) is 19.2. The van der Waals surface area contributed by atoms with E-state index in [1.807, 2.05) is 57.2 Å². The molecule has 4 aromatic rings. The number of hydrogen-bond donors (Lipinski definition) is 3. The molecule has 0 radical (unpaired) electrons. The van der Waals surface area contributed by atoms with E-state index in [9.17, 15) is 27.3 Å². The summed E-state index contributed by atoms with van der Waals surface area (Å²) in [7, 11) is -5.04. The lowest BCUT2D eigenvalue weighted by molar-refractivity contribution is -0.212. The number of nitrogens with one attached hydrogen (secondary N) is 2. The quantitative estimate of drug-likeness (QED) is 0.130. The van der Waals surface area contributed by atoms with Crippen LogP contribution in [0.1, 0.15) is 161 Å². The summed E-state index contributed by atoms with van der Waals surface area (Å²) < 4.78 is 78.2. The summed E-state index contributed by atoms with van der Waals surface area (Å²) in [5.41, 5.74) is 6.28. The maximum Gasteiger partial charge on any atom is 0.264 e. The van der Waals surface area contributed by atoms with Gasteiger partial charge in [-0.3, -0.25) is 14.3 Å². The van der Waals surface area contributed by atoms with Crippen molar-refractivity contribution >= 4 is 72.0 Å². The lowest BCUT2D eigenvalue weighted by Crippen LogP contribution is -2.57. The molecular weight excluding hydrogens is 1230 g/mol. The molecule has 4 bridgehead atoms. The number of anilines is 2. The van der Waals surface area contributed by atoms with Crippen molar-refractivity contribution in [1.29, 1.82) is 0 Å². The van der Waals surface area contributed by atoms with Gasteiger partial charge in [-0.05, 0) is 234 Å². The molecule has 15 nitrogen and oxygen atoms in total. The summed E-state index contributed by atoms with van der Waals surface area (Å²) in [5, 5.41) is 10.3. The lowest BCUT2D eigenvalue weighted by atomic mass is 9.62. The number of aliphatic hydroxyl groups excluding tert-OH is 1.